The monoisotopic (exact) mass is 442 g/mol. The standard InChI is InChI=1S/C13H7OSi.C3H7O2.2ClH.Zr/c14-11-6-9-8-4-2-1-3-7(8)5-10(9)12-13(11)15-12;1-5-3-2-4;;;/h1-4,6H,15H2;4H,1-3H2;2*1H;/q;;;;+2/p-2. The van der Waals surface area contributed by atoms with E-state index in [1.165, 1.54) is 25.2 Å². The Bertz CT molecular complexity index is 755. The Kier molecular flexibility index (Phi) is 6.40. The second-order valence-electron chi connectivity index (χ2n) is 5.30. The summed E-state index contributed by atoms with van der Waals surface area (Å²) in [5.74, 6) is 0.258. The number of carbonyl (C=O) groups is 1. The first-order valence-electron chi connectivity index (χ1n) is 7.06. The molecule has 0 fully saturated rings. The number of aliphatic hydroxyl groups excluding tert-OH is 1. The summed E-state index contributed by atoms with van der Waals surface area (Å²) in [5, 5.41) is 11.4. The van der Waals surface area contributed by atoms with E-state index in [1.807, 2.05) is 12.1 Å². The van der Waals surface area contributed by atoms with E-state index in [0.29, 0.717) is 6.61 Å². The average Bonchev–Trinajstić information content (AvgIpc) is 3.24. The Labute approximate surface area is 161 Å². The molecule has 0 bridgehead atoms. The largest absolute Gasteiger partial charge is 1.00 e. The second kappa shape index (κ2) is 7.73. The van der Waals surface area contributed by atoms with Crippen LogP contribution in [0.15, 0.2) is 46.3 Å². The number of hydrogen-bond donors (Lipinski definition) is 1. The predicted octanol–water partition coefficient (Wildman–Crippen LogP) is -5.17. The number of hydrogen-bond acceptors (Lipinski definition) is 3. The first-order chi connectivity index (χ1) is 10.3. The van der Waals surface area contributed by atoms with Gasteiger partial charge in [0.2, 0.25) is 0 Å². The van der Waals surface area contributed by atoms with Crippen molar-refractivity contribution in [2.75, 3.05) is 17.5 Å². The van der Waals surface area contributed by atoms with Crippen LogP contribution in [0, 0.1) is 0 Å². The van der Waals surface area contributed by atoms with E-state index in [-0.39, 0.29) is 37.2 Å². The molecule has 0 atom stereocenters. The minimum absolute atomic E-state index is 0. The molecule has 1 aromatic rings. The van der Waals surface area contributed by atoms with Gasteiger partial charge in [0.1, 0.15) is 0 Å². The van der Waals surface area contributed by atoms with Crippen molar-refractivity contribution in [3.8, 4) is 0 Å². The molecule has 0 aromatic heterocycles. The van der Waals surface area contributed by atoms with E-state index < -0.39 is 32.8 Å². The molecular formula is C16H14Cl2O3SiZr. The maximum atomic E-state index is 12.0. The molecular weight excluding hydrogens is 430 g/mol. The Morgan fingerprint density at radius 2 is 1.87 bits per heavy atom. The van der Waals surface area contributed by atoms with Crippen LogP contribution in [0.1, 0.15) is 11.1 Å². The SMILES string of the molecule is O=C1C=C2C(=[C]([Zr+2][CH2]OCCO)c3ccccc32)C2=C1[SiH2]2.[Cl-].[Cl-]. The maximum Gasteiger partial charge on any atom is -1.00 e. The molecule has 0 spiro atoms. The van der Waals surface area contributed by atoms with Crippen molar-refractivity contribution < 1.29 is 62.7 Å². The molecule has 2 aliphatic carbocycles. The molecule has 118 valence electrons. The van der Waals surface area contributed by atoms with Crippen molar-refractivity contribution in [1.82, 2.24) is 0 Å². The normalized spacial score (nSPS) is 17.6. The van der Waals surface area contributed by atoms with Crippen LogP contribution in [0.3, 0.4) is 0 Å². The molecule has 3 aliphatic rings. The number of ether oxygens (including phenoxy) is 1. The van der Waals surface area contributed by atoms with Gasteiger partial charge in [-0.25, -0.2) is 0 Å². The van der Waals surface area contributed by atoms with Crippen LogP contribution >= 0.6 is 0 Å². The zero-order chi connectivity index (χ0) is 14.4. The first-order valence-corrected chi connectivity index (χ1v) is 11.4. The molecule has 1 N–H and O–H groups in total. The van der Waals surface area contributed by atoms with Crippen molar-refractivity contribution in [2.24, 2.45) is 0 Å². The van der Waals surface area contributed by atoms with Crippen molar-refractivity contribution in [3.63, 3.8) is 0 Å². The van der Waals surface area contributed by atoms with Gasteiger partial charge in [0.05, 0.1) is 0 Å². The summed E-state index contributed by atoms with van der Waals surface area (Å²) < 4.78 is 7.78. The molecule has 1 aromatic carbocycles. The minimum atomic E-state index is -0.857. The van der Waals surface area contributed by atoms with Gasteiger partial charge in [0.15, 0.2) is 0 Å². The Morgan fingerprint density at radius 3 is 2.61 bits per heavy atom. The van der Waals surface area contributed by atoms with Crippen LogP contribution in [-0.4, -0.2) is 37.9 Å². The number of carbonyl (C=O) groups excluding carboxylic acids is 1. The number of benzene rings is 1. The van der Waals surface area contributed by atoms with E-state index in [1.54, 1.807) is 0 Å². The van der Waals surface area contributed by atoms with Gasteiger partial charge < -0.3 is 24.8 Å². The van der Waals surface area contributed by atoms with Crippen molar-refractivity contribution in [2.45, 2.75) is 0 Å². The second-order valence-corrected chi connectivity index (χ2v) is 9.88. The minimum Gasteiger partial charge on any atom is -1.00 e. The summed E-state index contributed by atoms with van der Waals surface area (Å²) in [6.45, 7) is 0.513. The van der Waals surface area contributed by atoms with Crippen LogP contribution in [0.4, 0.5) is 0 Å². The fraction of sp³-hybridized carbons (Fsp3) is 0.188. The Morgan fingerprint density at radius 1 is 1.13 bits per heavy atom. The molecule has 0 saturated heterocycles. The third-order valence-electron chi connectivity index (χ3n) is 4.06. The molecule has 0 amide bonds. The van der Waals surface area contributed by atoms with Gasteiger partial charge >= 0.3 is 137 Å². The molecule has 0 unspecified atom stereocenters. The van der Waals surface area contributed by atoms with Gasteiger partial charge in [-0.1, -0.05) is 0 Å². The number of aliphatic hydroxyl groups is 1. The number of halogens is 2. The van der Waals surface area contributed by atoms with Gasteiger partial charge in [-0.05, 0) is 0 Å². The van der Waals surface area contributed by atoms with E-state index in [2.05, 4.69) is 18.2 Å². The number of fused-ring (bicyclic) bond motifs is 4. The topological polar surface area (TPSA) is 46.5 Å². The van der Waals surface area contributed by atoms with E-state index in [0.717, 1.165) is 15.1 Å². The number of rotatable bonds is 5. The Hall–Kier alpha value is -0.290. The quantitative estimate of drug-likeness (QED) is 0.365. The molecule has 1 aliphatic heterocycles. The zero-order valence-corrected chi connectivity index (χ0v) is 17.6. The van der Waals surface area contributed by atoms with Crippen LogP contribution in [0.2, 0.25) is 0 Å². The zero-order valence-electron chi connectivity index (χ0n) is 12.2. The summed E-state index contributed by atoms with van der Waals surface area (Å²) in [7, 11) is -0.400. The Balaban J connectivity index is 0.000000960. The third-order valence-corrected chi connectivity index (χ3v) is 8.82. The number of ketones is 1. The molecule has 3 nitrogen and oxygen atoms in total. The first kappa shape index (κ1) is 19.0. The van der Waals surface area contributed by atoms with Crippen molar-refractivity contribution in [3.05, 3.63) is 57.4 Å². The molecule has 0 radical (unpaired) electrons. The molecule has 0 saturated carbocycles. The van der Waals surface area contributed by atoms with Gasteiger partial charge in [-0.2, -0.15) is 0 Å². The fourth-order valence-electron chi connectivity index (χ4n) is 3.07. The van der Waals surface area contributed by atoms with Gasteiger partial charge in [0.25, 0.3) is 0 Å². The molecule has 1 heterocycles. The van der Waals surface area contributed by atoms with Gasteiger partial charge in [0, 0.05) is 0 Å². The molecule has 23 heavy (non-hydrogen) atoms. The summed E-state index contributed by atoms with van der Waals surface area (Å²) in [5.41, 5.74) is 5.11. The van der Waals surface area contributed by atoms with Crippen molar-refractivity contribution >= 4 is 24.2 Å². The van der Waals surface area contributed by atoms with Crippen LogP contribution < -0.4 is 24.8 Å². The van der Waals surface area contributed by atoms with E-state index in [4.69, 9.17) is 9.84 Å². The summed E-state index contributed by atoms with van der Waals surface area (Å²) in [6, 6.07) is 8.43. The van der Waals surface area contributed by atoms with Crippen LogP contribution in [0.25, 0.3) is 8.85 Å². The number of allylic oxidation sites excluding steroid dienone is 5. The average molecular weight is 445 g/mol. The van der Waals surface area contributed by atoms with E-state index >= 15 is 0 Å². The fourth-order valence-corrected chi connectivity index (χ4v) is 8.04. The molecule has 7 heteroatoms. The van der Waals surface area contributed by atoms with Gasteiger partial charge in [-0.15, -0.1) is 0 Å². The smallest absolute Gasteiger partial charge is 1.00 e. The van der Waals surface area contributed by atoms with E-state index in [9.17, 15) is 4.79 Å². The maximum absolute atomic E-state index is 12.0. The van der Waals surface area contributed by atoms with Gasteiger partial charge in [-0.3, -0.25) is 0 Å². The summed E-state index contributed by atoms with van der Waals surface area (Å²) in [4.78, 5) is 12.0. The van der Waals surface area contributed by atoms with Crippen LogP contribution in [-0.2, 0) is 32.8 Å². The summed E-state index contributed by atoms with van der Waals surface area (Å²) in [6.07, 6.45) is 1.86. The predicted molar refractivity (Wildman–Crippen MR) is 79.8 cm³/mol. The third kappa shape index (κ3) is 3.28. The van der Waals surface area contributed by atoms with Crippen LogP contribution in [0.5, 0.6) is 0 Å². The van der Waals surface area contributed by atoms with Crippen molar-refractivity contribution in [1.29, 1.82) is 0 Å². The molecule has 4 rings (SSSR count). The summed E-state index contributed by atoms with van der Waals surface area (Å²) >= 11 is -0.857.